The summed E-state index contributed by atoms with van der Waals surface area (Å²) in [6.07, 6.45) is 12.0. The van der Waals surface area contributed by atoms with Crippen LogP contribution in [0.1, 0.15) is 70.6 Å². The minimum Gasteiger partial charge on any atom is -0.390 e. The van der Waals surface area contributed by atoms with E-state index in [1.54, 1.807) is 0 Å². The van der Waals surface area contributed by atoms with Crippen LogP contribution in [-0.2, 0) is 12.8 Å². The summed E-state index contributed by atoms with van der Waals surface area (Å²) in [6, 6.07) is 0. The van der Waals surface area contributed by atoms with Crippen LogP contribution in [0.15, 0.2) is 6.20 Å². The van der Waals surface area contributed by atoms with Crippen LogP contribution in [0.2, 0.25) is 0 Å². The van der Waals surface area contributed by atoms with Gasteiger partial charge in [0.05, 0.1) is 11.8 Å². The van der Waals surface area contributed by atoms with Crippen molar-refractivity contribution in [1.82, 2.24) is 10.2 Å². The molecule has 0 radical (unpaired) electrons. The third-order valence-corrected chi connectivity index (χ3v) is 9.46. The highest BCUT2D eigenvalue weighted by atomic mass is 16.3. The Hall–Kier alpha value is -0.830. The molecule has 0 aliphatic heterocycles. The first-order valence-electron chi connectivity index (χ1n) is 10.1. The quantitative estimate of drug-likeness (QED) is 0.752. The number of fused-ring (bicyclic) bond motifs is 6. The highest BCUT2D eigenvalue weighted by molar-refractivity contribution is 5.26. The molecule has 7 atom stereocenters. The van der Waals surface area contributed by atoms with Gasteiger partial charge in [0.1, 0.15) is 0 Å². The van der Waals surface area contributed by atoms with Crippen LogP contribution in [0, 0.1) is 34.5 Å². The number of aliphatic hydroxyl groups is 1. The molecule has 132 valence electrons. The second-order valence-electron chi connectivity index (χ2n) is 10.2. The largest absolute Gasteiger partial charge is 0.390 e. The summed E-state index contributed by atoms with van der Waals surface area (Å²) in [6.45, 7) is 7.09. The van der Waals surface area contributed by atoms with E-state index in [0.717, 1.165) is 30.1 Å². The molecule has 3 fully saturated rings. The normalized spacial score (nSPS) is 53.0. The first kappa shape index (κ1) is 15.4. The van der Waals surface area contributed by atoms with Gasteiger partial charge in [0, 0.05) is 5.69 Å². The standard InChI is InChI=1S/C21H32N2O/c1-19-11-13-12-22-23-18(13)10-14(19)4-5-15-16(19)6-8-20(2)17(15)7-9-21(20,3)24/h12,14-17,24H,4-11H2,1-3H3,(H,22,23). The molecular weight excluding hydrogens is 296 g/mol. The van der Waals surface area contributed by atoms with Crippen LogP contribution < -0.4 is 0 Å². The van der Waals surface area contributed by atoms with Crippen molar-refractivity contribution in [3.63, 3.8) is 0 Å². The van der Waals surface area contributed by atoms with Crippen molar-refractivity contribution in [2.45, 2.75) is 77.7 Å². The maximum absolute atomic E-state index is 11.0. The molecule has 5 rings (SSSR count). The van der Waals surface area contributed by atoms with E-state index in [4.69, 9.17) is 0 Å². The Bertz CT molecular complexity index is 665. The van der Waals surface area contributed by atoms with Crippen LogP contribution in [0.5, 0.6) is 0 Å². The van der Waals surface area contributed by atoms with Gasteiger partial charge in [-0.15, -0.1) is 0 Å². The highest BCUT2D eigenvalue weighted by Crippen LogP contribution is 2.67. The van der Waals surface area contributed by atoms with E-state index in [1.165, 1.54) is 56.2 Å². The van der Waals surface area contributed by atoms with Crippen LogP contribution in [-0.4, -0.2) is 20.9 Å². The molecule has 3 nitrogen and oxygen atoms in total. The third kappa shape index (κ3) is 1.75. The number of aromatic nitrogens is 2. The van der Waals surface area contributed by atoms with Crippen LogP contribution in [0.3, 0.4) is 0 Å². The van der Waals surface area contributed by atoms with Crippen LogP contribution >= 0.6 is 0 Å². The molecule has 4 aliphatic rings. The molecule has 1 aromatic rings. The predicted molar refractivity (Wildman–Crippen MR) is 94.5 cm³/mol. The Labute approximate surface area is 145 Å². The van der Waals surface area contributed by atoms with Gasteiger partial charge in [-0.3, -0.25) is 5.10 Å². The van der Waals surface area contributed by atoms with E-state index < -0.39 is 5.60 Å². The van der Waals surface area contributed by atoms with Gasteiger partial charge in [0.25, 0.3) is 0 Å². The molecule has 3 saturated carbocycles. The van der Waals surface area contributed by atoms with Crippen molar-refractivity contribution in [2.75, 3.05) is 0 Å². The fourth-order valence-corrected chi connectivity index (χ4v) is 7.71. The Morgan fingerprint density at radius 3 is 2.71 bits per heavy atom. The fraction of sp³-hybridized carbons (Fsp3) is 0.857. The average Bonchev–Trinajstić information content (AvgIpc) is 3.06. The topological polar surface area (TPSA) is 48.9 Å². The Morgan fingerprint density at radius 2 is 1.88 bits per heavy atom. The Morgan fingerprint density at radius 1 is 1.08 bits per heavy atom. The molecule has 0 spiro atoms. The van der Waals surface area contributed by atoms with Crippen molar-refractivity contribution in [3.8, 4) is 0 Å². The van der Waals surface area contributed by atoms with Crippen LogP contribution in [0.25, 0.3) is 0 Å². The summed E-state index contributed by atoms with van der Waals surface area (Å²) < 4.78 is 0. The molecule has 24 heavy (non-hydrogen) atoms. The van der Waals surface area contributed by atoms with Gasteiger partial charge in [0.15, 0.2) is 0 Å². The maximum atomic E-state index is 11.0. The average molecular weight is 329 g/mol. The Kier molecular flexibility index (Phi) is 3.00. The second kappa shape index (κ2) is 4.66. The second-order valence-corrected chi connectivity index (χ2v) is 10.2. The number of rotatable bonds is 0. The van der Waals surface area contributed by atoms with Gasteiger partial charge in [-0.05, 0) is 98.4 Å². The maximum Gasteiger partial charge on any atom is 0.0675 e. The van der Waals surface area contributed by atoms with E-state index in [1.807, 2.05) is 0 Å². The lowest BCUT2D eigenvalue weighted by Crippen LogP contribution is -2.56. The molecule has 0 saturated heterocycles. The van der Waals surface area contributed by atoms with Gasteiger partial charge >= 0.3 is 0 Å². The molecule has 1 heterocycles. The molecule has 2 N–H and O–H groups in total. The lowest BCUT2D eigenvalue weighted by atomic mass is 9.44. The lowest BCUT2D eigenvalue weighted by molar-refractivity contribution is -0.139. The molecule has 0 aromatic carbocycles. The highest BCUT2D eigenvalue weighted by Gasteiger charge is 2.63. The summed E-state index contributed by atoms with van der Waals surface area (Å²) >= 11 is 0. The SMILES string of the molecule is CC12Cc3cn[nH]c3CC1CCC1C2CCC2(C)C1CCC2(C)O. The van der Waals surface area contributed by atoms with Crippen molar-refractivity contribution in [1.29, 1.82) is 0 Å². The third-order valence-electron chi connectivity index (χ3n) is 9.46. The van der Waals surface area contributed by atoms with E-state index in [9.17, 15) is 5.11 Å². The van der Waals surface area contributed by atoms with Gasteiger partial charge in [0.2, 0.25) is 0 Å². The van der Waals surface area contributed by atoms with Crippen molar-refractivity contribution < 1.29 is 5.11 Å². The zero-order valence-corrected chi connectivity index (χ0v) is 15.4. The van der Waals surface area contributed by atoms with E-state index in [0.29, 0.717) is 5.41 Å². The van der Waals surface area contributed by atoms with Crippen molar-refractivity contribution in [3.05, 3.63) is 17.5 Å². The van der Waals surface area contributed by atoms with E-state index >= 15 is 0 Å². The van der Waals surface area contributed by atoms with Gasteiger partial charge in [-0.25, -0.2) is 0 Å². The van der Waals surface area contributed by atoms with Crippen molar-refractivity contribution in [2.24, 2.45) is 34.5 Å². The first-order valence-corrected chi connectivity index (χ1v) is 10.1. The van der Waals surface area contributed by atoms with Gasteiger partial charge in [-0.2, -0.15) is 5.10 Å². The molecule has 4 aliphatic carbocycles. The summed E-state index contributed by atoms with van der Waals surface area (Å²) in [4.78, 5) is 0. The molecule has 0 bridgehead atoms. The smallest absolute Gasteiger partial charge is 0.0675 e. The number of nitrogens with one attached hydrogen (secondary N) is 1. The summed E-state index contributed by atoms with van der Waals surface area (Å²) in [7, 11) is 0. The molecule has 3 heteroatoms. The number of H-pyrrole nitrogens is 1. The molecule has 7 unspecified atom stereocenters. The molecular formula is C21H32N2O. The van der Waals surface area contributed by atoms with Crippen LogP contribution in [0.4, 0.5) is 0 Å². The van der Waals surface area contributed by atoms with E-state index in [-0.39, 0.29) is 5.41 Å². The van der Waals surface area contributed by atoms with Gasteiger partial charge < -0.3 is 5.11 Å². The lowest BCUT2D eigenvalue weighted by Gasteiger charge is -2.60. The summed E-state index contributed by atoms with van der Waals surface area (Å²) in [5, 5.41) is 18.6. The number of hydrogen-bond donors (Lipinski definition) is 2. The van der Waals surface area contributed by atoms with E-state index in [2.05, 4.69) is 37.2 Å². The number of nitrogens with zero attached hydrogens (tertiary/aromatic N) is 1. The fourth-order valence-electron chi connectivity index (χ4n) is 7.71. The first-order chi connectivity index (χ1) is 11.4. The number of hydrogen-bond acceptors (Lipinski definition) is 2. The zero-order chi connectivity index (χ0) is 16.7. The molecule has 0 amide bonds. The molecule has 1 aromatic heterocycles. The minimum absolute atomic E-state index is 0.146. The monoisotopic (exact) mass is 328 g/mol. The number of aromatic amines is 1. The summed E-state index contributed by atoms with van der Waals surface area (Å²) in [5.41, 5.74) is 3.01. The van der Waals surface area contributed by atoms with Gasteiger partial charge in [-0.1, -0.05) is 13.8 Å². The zero-order valence-electron chi connectivity index (χ0n) is 15.4. The van der Waals surface area contributed by atoms with Crippen molar-refractivity contribution >= 4 is 0 Å². The summed E-state index contributed by atoms with van der Waals surface area (Å²) in [5.74, 6) is 3.21. The minimum atomic E-state index is -0.454. The predicted octanol–water partition coefficient (Wildman–Crippen LogP) is 4.12. The Balaban J connectivity index is 1.50.